The number of esters is 1. The van der Waals surface area contributed by atoms with E-state index in [0.29, 0.717) is 42.5 Å². The van der Waals surface area contributed by atoms with Gasteiger partial charge in [0.25, 0.3) is 5.91 Å². The van der Waals surface area contributed by atoms with Crippen molar-refractivity contribution in [3.63, 3.8) is 0 Å². The summed E-state index contributed by atoms with van der Waals surface area (Å²) in [5.74, 6) is -0.777. The molecule has 0 unspecified atom stereocenters. The number of nitrogens with one attached hydrogen (secondary N) is 1. The largest absolute Gasteiger partial charge is 0.469 e. The van der Waals surface area contributed by atoms with Crippen LogP contribution in [0.25, 0.3) is 22.0 Å². The van der Waals surface area contributed by atoms with Crippen LogP contribution in [0.5, 0.6) is 0 Å². The van der Waals surface area contributed by atoms with Gasteiger partial charge >= 0.3 is 12.1 Å². The topological polar surface area (TPSA) is 73.2 Å². The summed E-state index contributed by atoms with van der Waals surface area (Å²) in [6, 6.07) is 17.2. The molecule has 1 aliphatic carbocycles. The summed E-state index contributed by atoms with van der Waals surface area (Å²) in [6.45, 7) is 0.620. The van der Waals surface area contributed by atoms with E-state index in [1.807, 2.05) is 42.5 Å². The van der Waals surface area contributed by atoms with E-state index in [1.54, 1.807) is 23.0 Å². The monoisotopic (exact) mass is 549 g/mol. The standard InChI is InChI=1S/C31H30F3N3O3/c1-40-30(39)22-9-7-20(8-10-22)17-36-29(38)27-16-25(31(32,33)34)15-23-13-14-37(28(23)27)19-26-12-11-24(18-35-26)21-5-3-2-4-6-21/h2-6,11-16,18,20,22H,7-10,17,19H2,1H3,(H,36,38). The molecule has 0 aliphatic heterocycles. The van der Waals surface area contributed by atoms with E-state index in [9.17, 15) is 22.8 Å². The number of ether oxygens (including phenoxy) is 1. The fraction of sp³-hybridized carbons (Fsp3) is 0.323. The average molecular weight is 550 g/mol. The van der Waals surface area contributed by atoms with Crippen molar-refractivity contribution in [3.05, 3.63) is 89.9 Å². The first-order chi connectivity index (χ1) is 19.2. The van der Waals surface area contributed by atoms with Crippen LogP contribution in [-0.4, -0.2) is 35.1 Å². The van der Waals surface area contributed by atoms with E-state index >= 15 is 0 Å². The molecule has 1 fully saturated rings. The number of methoxy groups -OCH3 is 1. The van der Waals surface area contributed by atoms with Crippen LogP contribution >= 0.6 is 0 Å². The van der Waals surface area contributed by atoms with Crippen molar-refractivity contribution in [1.29, 1.82) is 0 Å². The van der Waals surface area contributed by atoms with Gasteiger partial charge < -0.3 is 14.6 Å². The van der Waals surface area contributed by atoms with Gasteiger partial charge in [-0.3, -0.25) is 14.6 Å². The third kappa shape index (κ3) is 6.03. The number of pyridine rings is 1. The summed E-state index contributed by atoms with van der Waals surface area (Å²) < 4.78 is 47.7. The van der Waals surface area contributed by atoms with Gasteiger partial charge in [-0.2, -0.15) is 13.2 Å². The van der Waals surface area contributed by atoms with Gasteiger partial charge in [0, 0.05) is 29.9 Å². The van der Waals surface area contributed by atoms with Crippen molar-refractivity contribution in [2.24, 2.45) is 11.8 Å². The fourth-order valence-electron chi connectivity index (χ4n) is 5.41. The zero-order chi connectivity index (χ0) is 28.3. The maximum absolute atomic E-state index is 13.7. The molecule has 2 aromatic heterocycles. The van der Waals surface area contributed by atoms with Crippen molar-refractivity contribution in [2.45, 2.75) is 38.4 Å². The second-order valence-corrected chi connectivity index (χ2v) is 10.3. The highest BCUT2D eigenvalue weighted by Crippen LogP contribution is 2.34. The molecule has 2 aromatic carbocycles. The number of rotatable bonds is 7. The zero-order valence-corrected chi connectivity index (χ0v) is 22.1. The molecule has 1 saturated carbocycles. The molecular weight excluding hydrogens is 519 g/mol. The van der Waals surface area contributed by atoms with Gasteiger partial charge in [-0.1, -0.05) is 36.4 Å². The normalized spacial score (nSPS) is 17.5. The molecule has 0 radical (unpaired) electrons. The number of benzene rings is 2. The Morgan fingerprint density at radius 3 is 2.40 bits per heavy atom. The van der Waals surface area contributed by atoms with Crippen LogP contribution in [-0.2, 0) is 22.3 Å². The molecule has 1 aliphatic rings. The minimum absolute atomic E-state index is 0.0287. The Labute approximate surface area is 230 Å². The summed E-state index contributed by atoms with van der Waals surface area (Å²) in [4.78, 5) is 29.7. The van der Waals surface area contributed by atoms with Gasteiger partial charge in [0.1, 0.15) is 0 Å². The van der Waals surface area contributed by atoms with Crippen LogP contribution in [0.15, 0.2) is 73.1 Å². The second-order valence-electron chi connectivity index (χ2n) is 10.3. The maximum atomic E-state index is 13.7. The number of alkyl halides is 3. The van der Waals surface area contributed by atoms with Gasteiger partial charge in [0.2, 0.25) is 0 Å². The van der Waals surface area contributed by atoms with Crippen molar-refractivity contribution < 1.29 is 27.5 Å². The Kier molecular flexibility index (Phi) is 7.91. The van der Waals surface area contributed by atoms with Crippen molar-refractivity contribution in [2.75, 3.05) is 13.7 Å². The molecule has 5 rings (SSSR count). The first-order valence-electron chi connectivity index (χ1n) is 13.3. The summed E-state index contributed by atoms with van der Waals surface area (Å²) in [7, 11) is 1.37. The Bertz CT molecular complexity index is 1490. The molecule has 0 atom stereocenters. The van der Waals surface area contributed by atoms with E-state index in [-0.39, 0.29) is 23.4 Å². The molecular formula is C31H30F3N3O3. The van der Waals surface area contributed by atoms with Gasteiger partial charge in [0.05, 0.1) is 41.9 Å². The number of hydrogen-bond acceptors (Lipinski definition) is 4. The molecule has 6 nitrogen and oxygen atoms in total. The molecule has 40 heavy (non-hydrogen) atoms. The molecule has 0 saturated heterocycles. The lowest BCUT2D eigenvalue weighted by molar-refractivity contribution is -0.146. The number of halogens is 3. The molecule has 208 valence electrons. The van der Waals surface area contributed by atoms with Crippen LogP contribution < -0.4 is 5.32 Å². The highest BCUT2D eigenvalue weighted by Gasteiger charge is 2.33. The van der Waals surface area contributed by atoms with E-state index in [4.69, 9.17) is 4.74 Å². The fourth-order valence-corrected chi connectivity index (χ4v) is 5.41. The minimum atomic E-state index is -4.59. The van der Waals surface area contributed by atoms with Gasteiger partial charge in [-0.15, -0.1) is 0 Å². The SMILES string of the molecule is COC(=O)C1CCC(CNC(=O)c2cc(C(F)(F)F)cc3ccn(Cc4ccc(-c5ccccc5)cn4)c23)CC1. The molecule has 1 amide bonds. The number of amides is 1. The molecule has 9 heteroatoms. The summed E-state index contributed by atoms with van der Waals surface area (Å²) in [5.41, 5.74) is 2.23. The van der Waals surface area contributed by atoms with Gasteiger partial charge in [-0.25, -0.2) is 0 Å². The third-order valence-corrected chi connectivity index (χ3v) is 7.63. The average Bonchev–Trinajstić information content (AvgIpc) is 3.38. The first kappa shape index (κ1) is 27.4. The Hall–Kier alpha value is -4.14. The van der Waals surface area contributed by atoms with Crippen LogP contribution in [0.1, 0.15) is 47.3 Å². The number of fused-ring (bicyclic) bond motifs is 1. The molecule has 0 bridgehead atoms. The number of aromatic nitrogens is 2. The quantitative estimate of drug-likeness (QED) is 0.268. The first-order valence-corrected chi connectivity index (χ1v) is 13.3. The molecule has 1 N–H and O–H groups in total. The van der Waals surface area contributed by atoms with Crippen molar-refractivity contribution >= 4 is 22.8 Å². The van der Waals surface area contributed by atoms with E-state index in [0.717, 1.165) is 36.1 Å². The predicted octanol–water partition coefficient (Wildman–Crippen LogP) is 6.48. The number of hydrogen-bond donors (Lipinski definition) is 1. The Morgan fingerprint density at radius 2 is 1.75 bits per heavy atom. The lowest BCUT2D eigenvalue weighted by Crippen LogP contribution is -2.33. The lowest BCUT2D eigenvalue weighted by atomic mass is 9.82. The van der Waals surface area contributed by atoms with Gasteiger partial charge in [-0.05, 0) is 61.4 Å². The van der Waals surface area contributed by atoms with Crippen molar-refractivity contribution in [1.82, 2.24) is 14.9 Å². The smallest absolute Gasteiger partial charge is 0.416 e. The van der Waals surface area contributed by atoms with E-state index in [1.165, 1.54) is 7.11 Å². The minimum Gasteiger partial charge on any atom is -0.469 e. The third-order valence-electron chi connectivity index (χ3n) is 7.63. The zero-order valence-electron chi connectivity index (χ0n) is 22.1. The van der Waals surface area contributed by atoms with Crippen LogP contribution in [0.2, 0.25) is 0 Å². The molecule has 0 spiro atoms. The number of carbonyl (C=O) groups is 2. The maximum Gasteiger partial charge on any atom is 0.416 e. The second kappa shape index (κ2) is 11.5. The molecule has 4 aromatic rings. The Morgan fingerprint density at radius 1 is 1.00 bits per heavy atom. The van der Waals surface area contributed by atoms with Crippen LogP contribution in [0, 0.1) is 11.8 Å². The lowest BCUT2D eigenvalue weighted by Gasteiger charge is -2.27. The van der Waals surface area contributed by atoms with E-state index < -0.39 is 17.6 Å². The van der Waals surface area contributed by atoms with Crippen LogP contribution in [0.4, 0.5) is 13.2 Å². The molecule has 2 heterocycles. The van der Waals surface area contributed by atoms with E-state index in [2.05, 4.69) is 10.3 Å². The van der Waals surface area contributed by atoms with Crippen LogP contribution in [0.3, 0.4) is 0 Å². The number of nitrogens with zero attached hydrogens (tertiary/aromatic N) is 2. The highest BCUT2D eigenvalue weighted by atomic mass is 19.4. The van der Waals surface area contributed by atoms with Gasteiger partial charge in [0.15, 0.2) is 0 Å². The van der Waals surface area contributed by atoms with Crippen molar-refractivity contribution in [3.8, 4) is 11.1 Å². The summed E-state index contributed by atoms with van der Waals surface area (Å²) >= 11 is 0. The summed E-state index contributed by atoms with van der Waals surface area (Å²) in [5, 5.41) is 3.19. The Balaban J connectivity index is 1.37. The summed E-state index contributed by atoms with van der Waals surface area (Å²) in [6.07, 6.45) is 1.66. The predicted molar refractivity (Wildman–Crippen MR) is 146 cm³/mol. The number of carbonyl (C=O) groups excluding carboxylic acids is 2. The highest BCUT2D eigenvalue weighted by molar-refractivity contribution is 6.06.